The number of ether oxygens (including phenoxy) is 1. The first-order chi connectivity index (χ1) is 21.3. The van der Waals surface area contributed by atoms with Gasteiger partial charge >= 0.3 is 6.09 Å². The van der Waals surface area contributed by atoms with E-state index in [1.165, 1.54) is 0 Å². The zero-order valence-corrected chi connectivity index (χ0v) is 26.9. The van der Waals surface area contributed by atoms with E-state index in [1.54, 1.807) is 0 Å². The minimum absolute atomic E-state index is 0.109. The van der Waals surface area contributed by atoms with E-state index in [0.29, 0.717) is 13.0 Å². The van der Waals surface area contributed by atoms with E-state index in [-0.39, 0.29) is 23.8 Å². The second kappa shape index (κ2) is 17.2. The maximum Gasteiger partial charge on any atom is 0.411 e. The molecule has 4 rings (SSSR count). The van der Waals surface area contributed by atoms with E-state index in [9.17, 15) is 14.4 Å². The Morgan fingerprint density at radius 1 is 0.864 bits per heavy atom. The third kappa shape index (κ3) is 10.1. The minimum Gasteiger partial charge on any atom is -0.446 e. The van der Waals surface area contributed by atoms with Gasteiger partial charge in [-0.2, -0.15) is 0 Å². The molecule has 2 saturated heterocycles. The van der Waals surface area contributed by atoms with E-state index in [0.717, 1.165) is 101 Å². The predicted molar refractivity (Wildman–Crippen MR) is 175 cm³/mol. The molecular formula is C35H51N5O4. The molecule has 240 valence electrons. The van der Waals surface area contributed by atoms with Gasteiger partial charge in [-0.1, -0.05) is 48.5 Å². The molecule has 0 unspecified atom stereocenters. The molecule has 44 heavy (non-hydrogen) atoms. The Kier molecular flexibility index (Phi) is 13.1. The third-order valence-corrected chi connectivity index (χ3v) is 9.05. The number of carbonyl (C=O) groups is 3. The Bertz CT molecular complexity index is 1200. The summed E-state index contributed by atoms with van der Waals surface area (Å²) in [5, 5.41) is 2.94. The van der Waals surface area contributed by atoms with Crippen molar-refractivity contribution < 1.29 is 19.1 Å². The van der Waals surface area contributed by atoms with E-state index in [1.807, 2.05) is 85.4 Å². The Labute approximate surface area is 263 Å². The highest BCUT2D eigenvalue weighted by atomic mass is 16.6. The Morgan fingerprint density at radius 2 is 1.59 bits per heavy atom. The maximum absolute atomic E-state index is 12.7. The van der Waals surface area contributed by atoms with Crippen LogP contribution in [0.3, 0.4) is 0 Å². The van der Waals surface area contributed by atoms with Gasteiger partial charge in [-0.05, 0) is 70.2 Å². The monoisotopic (exact) mass is 605 g/mol. The first-order valence-electron chi connectivity index (χ1n) is 16.4. The molecule has 0 saturated carbocycles. The molecule has 9 heteroatoms. The summed E-state index contributed by atoms with van der Waals surface area (Å²) in [5.41, 5.74) is 2.74. The van der Waals surface area contributed by atoms with E-state index in [4.69, 9.17) is 4.74 Å². The van der Waals surface area contributed by atoms with Gasteiger partial charge in [-0.25, -0.2) is 4.79 Å². The molecule has 2 aromatic carbocycles. The molecule has 1 N–H and O–H groups in total. The molecule has 0 aromatic heterocycles. The zero-order valence-electron chi connectivity index (χ0n) is 26.9. The average molecular weight is 606 g/mol. The zero-order chi connectivity index (χ0) is 31.3. The molecule has 3 amide bonds. The van der Waals surface area contributed by atoms with Crippen molar-refractivity contribution in [3.63, 3.8) is 0 Å². The van der Waals surface area contributed by atoms with E-state index >= 15 is 0 Å². The molecule has 9 nitrogen and oxygen atoms in total. The van der Waals surface area contributed by atoms with Crippen molar-refractivity contribution in [2.75, 3.05) is 71.8 Å². The maximum atomic E-state index is 12.7. The number of benzene rings is 2. The van der Waals surface area contributed by atoms with Crippen LogP contribution in [0.25, 0.3) is 11.1 Å². The molecule has 0 aliphatic carbocycles. The minimum atomic E-state index is -0.421. The number of carbonyl (C=O) groups excluding carboxylic acids is 3. The summed E-state index contributed by atoms with van der Waals surface area (Å²) in [7, 11) is 3.77. The lowest BCUT2D eigenvalue weighted by Crippen LogP contribution is -2.44. The molecule has 1 atom stereocenters. The summed E-state index contributed by atoms with van der Waals surface area (Å²) in [6.07, 6.45) is 5.47. The Morgan fingerprint density at radius 3 is 2.34 bits per heavy atom. The van der Waals surface area contributed by atoms with Crippen molar-refractivity contribution in [1.29, 1.82) is 0 Å². The second-order valence-electron chi connectivity index (χ2n) is 12.2. The third-order valence-electron chi connectivity index (χ3n) is 9.05. The molecule has 0 radical (unpaired) electrons. The number of piperidine rings is 2. The molecule has 2 fully saturated rings. The number of likely N-dealkylation sites (N-methyl/N-ethyl adjacent to an activating group) is 1. The van der Waals surface area contributed by atoms with Gasteiger partial charge in [-0.15, -0.1) is 0 Å². The molecule has 0 bridgehead atoms. The summed E-state index contributed by atoms with van der Waals surface area (Å²) in [4.78, 5) is 46.4. The number of hydrogen-bond donors (Lipinski definition) is 1. The predicted octanol–water partition coefficient (Wildman–Crippen LogP) is 5.19. The second-order valence-corrected chi connectivity index (χ2v) is 12.2. The number of likely N-dealkylation sites (tertiary alicyclic amines) is 2. The van der Waals surface area contributed by atoms with Crippen LogP contribution in [0.1, 0.15) is 51.9 Å². The van der Waals surface area contributed by atoms with Gasteiger partial charge < -0.3 is 24.3 Å². The van der Waals surface area contributed by atoms with Crippen molar-refractivity contribution in [3.8, 4) is 11.1 Å². The molecule has 2 aliphatic rings. The first-order valence-corrected chi connectivity index (χ1v) is 16.4. The quantitative estimate of drug-likeness (QED) is 0.317. The topological polar surface area (TPSA) is 85.4 Å². The lowest BCUT2D eigenvalue weighted by Gasteiger charge is -2.33. The molecular weight excluding hydrogens is 554 g/mol. The standard InChI is InChI=1S/C35H51N5O4/c1-4-37(2)34(42)29-15-12-22-40(27-29)21-11-10-18-33(41)38(3)25-26-39-23-19-30(20-24-39)44-35(43)36-32-17-9-8-16-31(32)28-13-6-5-7-14-28/h5-9,13-14,16-17,29-30H,4,10-12,15,18-27H2,1-3H3,(H,36,43)/t29-/m1/s1. The number of nitrogens with one attached hydrogen (secondary N) is 1. The first kappa shape index (κ1) is 33.5. The van der Waals surface area contributed by atoms with Gasteiger partial charge in [0.25, 0.3) is 0 Å². The lowest BCUT2D eigenvalue weighted by molar-refractivity contribution is -0.135. The fourth-order valence-corrected chi connectivity index (χ4v) is 6.15. The largest absolute Gasteiger partial charge is 0.446 e. The van der Waals surface area contributed by atoms with Crippen LogP contribution in [0, 0.1) is 5.92 Å². The molecule has 2 aromatic rings. The summed E-state index contributed by atoms with van der Waals surface area (Å²) in [6.45, 7) is 8.80. The molecule has 2 aliphatic heterocycles. The highest BCUT2D eigenvalue weighted by Crippen LogP contribution is 2.28. The van der Waals surface area contributed by atoms with Crippen molar-refractivity contribution in [3.05, 3.63) is 54.6 Å². The highest BCUT2D eigenvalue weighted by molar-refractivity contribution is 5.91. The summed E-state index contributed by atoms with van der Waals surface area (Å²) >= 11 is 0. The van der Waals surface area contributed by atoms with Crippen LogP contribution in [0.15, 0.2) is 54.6 Å². The van der Waals surface area contributed by atoms with Gasteiger partial charge in [0.05, 0.1) is 11.6 Å². The van der Waals surface area contributed by atoms with E-state index in [2.05, 4.69) is 15.1 Å². The van der Waals surface area contributed by atoms with Gasteiger partial charge in [-0.3, -0.25) is 14.9 Å². The SMILES string of the molecule is CCN(C)C(=O)[C@@H]1CCCN(CCCCC(=O)N(C)CCN2CCC(OC(=O)Nc3ccccc3-c3ccccc3)CC2)C1. The number of unbranched alkanes of at least 4 members (excludes halogenated alkanes) is 1. The van der Waals surface area contributed by atoms with Crippen molar-refractivity contribution in [2.24, 2.45) is 5.92 Å². The van der Waals surface area contributed by atoms with Crippen LogP contribution in [0.2, 0.25) is 0 Å². The van der Waals surface area contributed by atoms with Gasteiger partial charge in [0.2, 0.25) is 11.8 Å². The lowest BCUT2D eigenvalue weighted by atomic mass is 9.96. The average Bonchev–Trinajstić information content (AvgIpc) is 3.06. The number of para-hydroxylation sites is 1. The summed E-state index contributed by atoms with van der Waals surface area (Å²) < 4.78 is 5.77. The van der Waals surface area contributed by atoms with Crippen LogP contribution < -0.4 is 5.32 Å². The van der Waals surface area contributed by atoms with Crippen molar-refractivity contribution in [1.82, 2.24) is 19.6 Å². The fourth-order valence-electron chi connectivity index (χ4n) is 6.15. The summed E-state index contributed by atoms with van der Waals surface area (Å²) in [5.74, 6) is 0.557. The number of amides is 3. The smallest absolute Gasteiger partial charge is 0.411 e. The number of hydrogen-bond acceptors (Lipinski definition) is 6. The Hall–Kier alpha value is -3.43. The molecule has 2 heterocycles. The van der Waals surface area contributed by atoms with E-state index < -0.39 is 6.09 Å². The number of rotatable bonds is 13. The number of nitrogens with zero attached hydrogens (tertiary/aromatic N) is 4. The number of anilines is 1. The van der Waals surface area contributed by atoms with Gasteiger partial charge in [0.15, 0.2) is 0 Å². The van der Waals surface area contributed by atoms with Gasteiger partial charge in [0, 0.05) is 65.3 Å². The van der Waals surface area contributed by atoms with Gasteiger partial charge in [0.1, 0.15) is 6.10 Å². The highest BCUT2D eigenvalue weighted by Gasteiger charge is 2.27. The van der Waals surface area contributed by atoms with Crippen LogP contribution in [0.5, 0.6) is 0 Å². The fraction of sp³-hybridized carbons (Fsp3) is 0.571. The van der Waals surface area contributed by atoms with Crippen LogP contribution in [-0.4, -0.2) is 110 Å². The van der Waals surface area contributed by atoms with Crippen LogP contribution >= 0.6 is 0 Å². The summed E-state index contributed by atoms with van der Waals surface area (Å²) in [6, 6.07) is 17.7. The van der Waals surface area contributed by atoms with Crippen molar-refractivity contribution in [2.45, 2.75) is 58.0 Å². The normalized spacial score (nSPS) is 18.0. The molecule has 0 spiro atoms. The van der Waals surface area contributed by atoms with Crippen molar-refractivity contribution >= 4 is 23.6 Å². The van der Waals surface area contributed by atoms with Crippen LogP contribution in [0.4, 0.5) is 10.5 Å². The van der Waals surface area contributed by atoms with Crippen LogP contribution in [-0.2, 0) is 14.3 Å². The Balaban J connectivity index is 1.08.